The summed E-state index contributed by atoms with van der Waals surface area (Å²) in [5, 5.41) is 10.0. The minimum atomic E-state index is -4.45. The molecule has 0 fully saturated rings. The maximum Gasteiger partial charge on any atom is 0.432 e. The molecule has 0 saturated heterocycles. The van der Waals surface area contributed by atoms with E-state index in [4.69, 9.17) is 27.6 Å². The number of hydrogen-bond acceptors (Lipinski definition) is 3. The SMILES string of the molecule is FC(F)(F)c1cc(-c2ccc(NCc3ccc(-c4cc(Cl)ccc4Cl)o3)cc2)n[nH]1. The van der Waals surface area contributed by atoms with Gasteiger partial charge >= 0.3 is 6.18 Å². The van der Waals surface area contributed by atoms with Crippen LogP contribution in [-0.4, -0.2) is 10.2 Å². The fourth-order valence-electron chi connectivity index (χ4n) is 2.87. The third-order valence-corrected chi connectivity index (χ3v) is 4.95. The lowest BCUT2D eigenvalue weighted by Crippen LogP contribution is -2.04. The summed E-state index contributed by atoms with van der Waals surface area (Å²) in [7, 11) is 0. The van der Waals surface area contributed by atoms with E-state index in [-0.39, 0.29) is 5.69 Å². The molecule has 2 N–H and O–H groups in total. The van der Waals surface area contributed by atoms with Gasteiger partial charge in [-0.05, 0) is 48.5 Å². The number of rotatable bonds is 5. The molecule has 4 aromatic rings. The van der Waals surface area contributed by atoms with Gasteiger partial charge in [-0.15, -0.1) is 0 Å². The average molecular weight is 452 g/mol. The Labute approximate surface area is 179 Å². The molecule has 4 rings (SSSR count). The lowest BCUT2D eigenvalue weighted by molar-refractivity contribution is -0.141. The number of anilines is 1. The fraction of sp³-hybridized carbons (Fsp3) is 0.0952. The van der Waals surface area contributed by atoms with Crippen LogP contribution in [0.2, 0.25) is 10.0 Å². The molecule has 0 aliphatic heterocycles. The van der Waals surface area contributed by atoms with E-state index >= 15 is 0 Å². The van der Waals surface area contributed by atoms with Crippen LogP contribution in [0.1, 0.15) is 11.5 Å². The Morgan fingerprint density at radius 3 is 2.43 bits per heavy atom. The summed E-state index contributed by atoms with van der Waals surface area (Å²) in [4.78, 5) is 0. The van der Waals surface area contributed by atoms with Gasteiger partial charge in [0.05, 0.1) is 17.3 Å². The van der Waals surface area contributed by atoms with E-state index in [9.17, 15) is 13.2 Å². The Bertz CT molecular complexity index is 1170. The molecule has 2 heterocycles. The van der Waals surface area contributed by atoms with Crippen molar-refractivity contribution in [3.8, 4) is 22.6 Å². The highest BCUT2D eigenvalue weighted by Gasteiger charge is 2.33. The number of alkyl halides is 3. The van der Waals surface area contributed by atoms with Gasteiger partial charge in [0.1, 0.15) is 17.2 Å². The van der Waals surface area contributed by atoms with Crippen molar-refractivity contribution in [3.63, 3.8) is 0 Å². The second kappa shape index (κ2) is 8.08. The van der Waals surface area contributed by atoms with E-state index in [1.807, 2.05) is 17.2 Å². The second-order valence-electron chi connectivity index (χ2n) is 6.49. The Kier molecular flexibility index (Phi) is 5.49. The van der Waals surface area contributed by atoms with Crippen LogP contribution in [-0.2, 0) is 12.7 Å². The van der Waals surface area contributed by atoms with E-state index in [1.54, 1.807) is 42.5 Å². The number of furan rings is 1. The molecule has 0 spiro atoms. The zero-order valence-electron chi connectivity index (χ0n) is 15.2. The van der Waals surface area contributed by atoms with Gasteiger partial charge in [-0.25, -0.2) is 0 Å². The van der Waals surface area contributed by atoms with E-state index in [0.717, 1.165) is 11.8 Å². The Hall–Kier alpha value is -2.90. The van der Waals surface area contributed by atoms with Crippen LogP contribution in [0, 0.1) is 0 Å². The molecular formula is C21H14Cl2F3N3O. The summed E-state index contributed by atoms with van der Waals surface area (Å²) in [6, 6.07) is 16.7. The van der Waals surface area contributed by atoms with Gasteiger partial charge in [0, 0.05) is 21.8 Å². The summed E-state index contributed by atoms with van der Waals surface area (Å²) in [6.45, 7) is 0.415. The van der Waals surface area contributed by atoms with Crippen molar-refractivity contribution in [1.82, 2.24) is 10.2 Å². The fourth-order valence-corrected chi connectivity index (χ4v) is 3.25. The molecule has 9 heteroatoms. The van der Waals surface area contributed by atoms with E-state index < -0.39 is 11.9 Å². The molecule has 4 nitrogen and oxygen atoms in total. The highest BCUT2D eigenvalue weighted by atomic mass is 35.5. The number of benzene rings is 2. The molecule has 0 aliphatic rings. The number of nitrogens with one attached hydrogen (secondary N) is 2. The van der Waals surface area contributed by atoms with E-state index in [1.165, 1.54) is 0 Å². The monoisotopic (exact) mass is 451 g/mol. The molecule has 0 bridgehead atoms. The topological polar surface area (TPSA) is 53.9 Å². The third kappa shape index (κ3) is 4.47. The lowest BCUT2D eigenvalue weighted by Gasteiger charge is -2.06. The smallest absolute Gasteiger partial charge is 0.432 e. The van der Waals surface area contributed by atoms with Crippen LogP contribution >= 0.6 is 23.2 Å². The largest absolute Gasteiger partial charge is 0.459 e. The normalized spacial score (nSPS) is 11.6. The number of H-pyrrole nitrogens is 1. The van der Waals surface area contributed by atoms with Crippen molar-refractivity contribution in [2.45, 2.75) is 12.7 Å². The quantitative estimate of drug-likeness (QED) is 0.335. The van der Waals surface area contributed by atoms with Crippen molar-refractivity contribution in [1.29, 1.82) is 0 Å². The molecule has 0 radical (unpaired) electrons. The molecule has 0 atom stereocenters. The van der Waals surface area contributed by atoms with Gasteiger partial charge in [-0.1, -0.05) is 35.3 Å². The highest BCUT2D eigenvalue weighted by molar-refractivity contribution is 6.35. The molecule has 30 heavy (non-hydrogen) atoms. The number of hydrogen-bond donors (Lipinski definition) is 2. The number of nitrogens with zero attached hydrogens (tertiary/aromatic N) is 1. The first kappa shape index (κ1) is 20.4. The van der Waals surface area contributed by atoms with E-state index in [2.05, 4.69) is 10.4 Å². The minimum Gasteiger partial charge on any atom is -0.459 e. The molecule has 0 aliphatic carbocycles. The predicted octanol–water partition coefficient (Wildman–Crippen LogP) is 7.27. The zero-order valence-corrected chi connectivity index (χ0v) is 16.7. The molecule has 154 valence electrons. The molecule has 0 amide bonds. The van der Waals surface area contributed by atoms with Crippen molar-refractivity contribution in [2.75, 3.05) is 5.32 Å². The molecule has 0 unspecified atom stereocenters. The Morgan fingerprint density at radius 1 is 0.967 bits per heavy atom. The van der Waals surface area contributed by atoms with E-state index in [0.29, 0.717) is 39.2 Å². The predicted molar refractivity (Wildman–Crippen MR) is 111 cm³/mol. The molecular weight excluding hydrogens is 438 g/mol. The van der Waals surface area contributed by atoms with Crippen LogP contribution in [0.15, 0.2) is 65.1 Å². The van der Waals surface area contributed by atoms with Crippen molar-refractivity contribution >= 4 is 28.9 Å². The van der Waals surface area contributed by atoms with Crippen LogP contribution in [0.25, 0.3) is 22.6 Å². The number of aromatic nitrogens is 2. The first-order valence-electron chi connectivity index (χ1n) is 8.80. The lowest BCUT2D eigenvalue weighted by atomic mass is 10.1. The van der Waals surface area contributed by atoms with Crippen molar-refractivity contribution in [2.24, 2.45) is 0 Å². The van der Waals surface area contributed by atoms with Crippen LogP contribution in [0.5, 0.6) is 0 Å². The van der Waals surface area contributed by atoms with Gasteiger partial charge < -0.3 is 9.73 Å². The standard InChI is InChI=1S/C21H14Cl2F3N3O/c22-13-3-7-17(23)16(9-13)19-8-6-15(30-19)11-27-14-4-1-12(2-5-14)18-10-20(29-28-18)21(24,25)26/h1-10,27H,11H2,(H,28,29). The van der Waals surface area contributed by atoms with Gasteiger partial charge in [-0.3, -0.25) is 5.10 Å². The minimum absolute atomic E-state index is 0.225. The summed E-state index contributed by atoms with van der Waals surface area (Å²) in [5.74, 6) is 1.29. The van der Waals surface area contributed by atoms with Crippen LogP contribution in [0.4, 0.5) is 18.9 Å². The summed E-state index contributed by atoms with van der Waals surface area (Å²) >= 11 is 12.2. The first-order valence-corrected chi connectivity index (χ1v) is 9.56. The third-order valence-electron chi connectivity index (χ3n) is 4.39. The molecule has 2 aromatic heterocycles. The number of aromatic amines is 1. The average Bonchev–Trinajstić information content (AvgIpc) is 3.38. The highest BCUT2D eigenvalue weighted by Crippen LogP contribution is 2.32. The summed E-state index contributed by atoms with van der Waals surface area (Å²) in [5.41, 5.74) is 1.40. The zero-order chi connectivity index (χ0) is 21.3. The molecule has 0 saturated carbocycles. The van der Waals surface area contributed by atoms with Crippen molar-refractivity contribution < 1.29 is 17.6 Å². The summed E-state index contributed by atoms with van der Waals surface area (Å²) in [6.07, 6.45) is -4.45. The number of halogens is 5. The van der Waals surface area contributed by atoms with Gasteiger partial charge in [-0.2, -0.15) is 18.3 Å². The van der Waals surface area contributed by atoms with Gasteiger partial charge in [0.2, 0.25) is 0 Å². The van der Waals surface area contributed by atoms with Crippen molar-refractivity contribution in [3.05, 3.63) is 82.2 Å². The summed E-state index contributed by atoms with van der Waals surface area (Å²) < 4.78 is 43.9. The van der Waals surface area contributed by atoms with Gasteiger partial charge in [0.25, 0.3) is 0 Å². The first-order chi connectivity index (χ1) is 14.3. The van der Waals surface area contributed by atoms with Crippen LogP contribution < -0.4 is 5.32 Å². The van der Waals surface area contributed by atoms with Gasteiger partial charge in [0.15, 0.2) is 0 Å². The Balaban J connectivity index is 1.42. The maximum absolute atomic E-state index is 12.7. The molecule has 2 aromatic carbocycles. The van der Waals surface area contributed by atoms with Crippen LogP contribution in [0.3, 0.4) is 0 Å². The Morgan fingerprint density at radius 2 is 1.73 bits per heavy atom. The maximum atomic E-state index is 12.7. The second-order valence-corrected chi connectivity index (χ2v) is 7.33.